The Bertz CT molecular complexity index is 1160. The number of aromatic amines is 2. The van der Waals surface area contributed by atoms with Crippen molar-refractivity contribution in [1.82, 2.24) is 9.97 Å². The molecule has 0 atom stereocenters. The van der Waals surface area contributed by atoms with Gasteiger partial charge in [-0.3, -0.25) is 0 Å². The van der Waals surface area contributed by atoms with Crippen LogP contribution >= 0.6 is 0 Å². The number of ether oxygens (including phenoxy) is 1. The van der Waals surface area contributed by atoms with Gasteiger partial charge in [0.2, 0.25) is 0 Å². The van der Waals surface area contributed by atoms with Crippen LogP contribution in [0.1, 0.15) is 0 Å². The summed E-state index contributed by atoms with van der Waals surface area (Å²) >= 11 is 0. The Morgan fingerprint density at radius 1 is 0.636 bits per heavy atom. The zero-order valence-electron chi connectivity index (χ0n) is 12.1. The molecule has 2 aromatic heterocycles. The molecule has 0 fully saturated rings. The molecule has 0 amide bonds. The van der Waals surface area contributed by atoms with Crippen molar-refractivity contribution in [2.45, 2.75) is 0 Å². The van der Waals surface area contributed by atoms with Gasteiger partial charge in [0.25, 0.3) is 0 Å². The second kappa shape index (κ2) is 4.04. The molecule has 0 aliphatic carbocycles. The molecule has 0 spiro atoms. The van der Waals surface area contributed by atoms with Gasteiger partial charge in [-0.25, -0.2) is 0 Å². The lowest BCUT2D eigenvalue weighted by atomic mass is 10.1. The van der Waals surface area contributed by atoms with E-state index in [-0.39, 0.29) is 0 Å². The maximum absolute atomic E-state index is 5.31. The van der Waals surface area contributed by atoms with Gasteiger partial charge < -0.3 is 14.7 Å². The van der Waals surface area contributed by atoms with Crippen molar-refractivity contribution in [1.29, 1.82) is 0 Å². The van der Waals surface area contributed by atoms with E-state index in [1.54, 1.807) is 7.11 Å². The Morgan fingerprint density at radius 3 is 2.05 bits per heavy atom. The van der Waals surface area contributed by atoms with Crippen molar-refractivity contribution in [3.05, 3.63) is 54.6 Å². The molecule has 0 saturated carbocycles. The Kier molecular flexibility index (Phi) is 2.15. The van der Waals surface area contributed by atoms with E-state index in [1.165, 1.54) is 32.6 Å². The van der Waals surface area contributed by atoms with Crippen LogP contribution < -0.4 is 4.74 Å². The van der Waals surface area contributed by atoms with E-state index in [0.29, 0.717) is 0 Å². The van der Waals surface area contributed by atoms with Crippen molar-refractivity contribution in [3.8, 4) is 5.75 Å². The molecule has 3 heteroatoms. The van der Waals surface area contributed by atoms with E-state index in [9.17, 15) is 0 Å². The van der Waals surface area contributed by atoms with E-state index >= 15 is 0 Å². The molecule has 22 heavy (non-hydrogen) atoms. The molecule has 2 N–H and O–H groups in total. The largest absolute Gasteiger partial charge is 0.497 e. The number of hydrogen-bond donors (Lipinski definition) is 2. The molecule has 0 aliphatic heterocycles. The zero-order valence-corrected chi connectivity index (χ0v) is 12.1. The first-order valence-corrected chi connectivity index (χ1v) is 7.33. The average Bonchev–Trinajstić information content (AvgIpc) is 3.09. The predicted molar refractivity (Wildman–Crippen MR) is 91.7 cm³/mol. The molecule has 0 bridgehead atoms. The highest BCUT2D eigenvalue weighted by Gasteiger charge is 2.10. The molecule has 106 valence electrons. The maximum Gasteiger partial charge on any atom is 0.120 e. The Labute approximate surface area is 126 Å². The zero-order chi connectivity index (χ0) is 14.7. The molecule has 0 aliphatic rings. The maximum atomic E-state index is 5.31. The Balaban J connectivity index is 1.94. The fraction of sp³-hybridized carbons (Fsp3) is 0.0526. The molecule has 0 saturated heterocycles. The summed E-state index contributed by atoms with van der Waals surface area (Å²) in [7, 11) is 1.69. The van der Waals surface area contributed by atoms with Gasteiger partial charge >= 0.3 is 0 Å². The third-order valence-electron chi connectivity index (χ3n) is 4.43. The lowest BCUT2D eigenvalue weighted by Crippen LogP contribution is -1.80. The number of H-pyrrole nitrogens is 2. The molecular weight excluding hydrogens is 272 g/mol. The van der Waals surface area contributed by atoms with Crippen LogP contribution in [0.25, 0.3) is 43.6 Å². The van der Waals surface area contributed by atoms with Crippen LogP contribution in [0.5, 0.6) is 5.75 Å². The minimum absolute atomic E-state index is 0.870. The summed E-state index contributed by atoms with van der Waals surface area (Å²) in [6.07, 6.45) is 0. The SMILES string of the molecule is COc1ccc2c(c1)[nH]c1cc3c(cc12)[nH]c1ccccc13. The molecule has 5 rings (SSSR count). The first-order chi connectivity index (χ1) is 10.8. The minimum atomic E-state index is 0.870. The normalized spacial score (nSPS) is 11.9. The highest BCUT2D eigenvalue weighted by Crippen LogP contribution is 2.34. The van der Waals surface area contributed by atoms with E-state index < -0.39 is 0 Å². The fourth-order valence-corrected chi connectivity index (χ4v) is 3.36. The van der Waals surface area contributed by atoms with E-state index in [2.05, 4.69) is 52.4 Å². The minimum Gasteiger partial charge on any atom is -0.497 e. The fourth-order valence-electron chi connectivity index (χ4n) is 3.36. The first kappa shape index (κ1) is 11.7. The van der Waals surface area contributed by atoms with Gasteiger partial charge in [0.15, 0.2) is 0 Å². The van der Waals surface area contributed by atoms with E-state index in [1.807, 2.05) is 12.1 Å². The summed E-state index contributed by atoms with van der Waals surface area (Å²) in [4.78, 5) is 7.01. The molecule has 0 radical (unpaired) electrons. The lowest BCUT2D eigenvalue weighted by molar-refractivity contribution is 0.415. The van der Waals surface area contributed by atoms with Crippen LogP contribution in [-0.4, -0.2) is 17.1 Å². The average molecular weight is 286 g/mol. The van der Waals surface area contributed by atoms with Crippen molar-refractivity contribution < 1.29 is 4.74 Å². The number of para-hydroxylation sites is 1. The number of benzene rings is 3. The van der Waals surface area contributed by atoms with Gasteiger partial charge in [0, 0.05) is 44.2 Å². The number of rotatable bonds is 1. The van der Waals surface area contributed by atoms with Crippen molar-refractivity contribution in [3.63, 3.8) is 0 Å². The summed E-state index contributed by atoms with van der Waals surface area (Å²) in [6.45, 7) is 0. The van der Waals surface area contributed by atoms with Crippen LogP contribution in [0.15, 0.2) is 54.6 Å². The van der Waals surface area contributed by atoms with Crippen LogP contribution in [0, 0.1) is 0 Å². The number of fused-ring (bicyclic) bond motifs is 6. The van der Waals surface area contributed by atoms with Crippen LogP contribution in [-0.2, 0) is 0 Å². The molecule has 2 heterocycles. The topological polar surface area (TPSA) is 40.8 Å². The first-order valence-electron chi connectivity index (χ1n) is 7.33. The Morgan fingerprint density at radius 2 is 1.27 bits per heavy atom. The highest BCUT2D eigenvalue weighted by atomic mass is 16.5. The standard InChI is InChI=1S/C19H14N2O/c1-22-11-6-7-13-15-10-18-14(9-19(15)21-17(13)8-11)12-4-2-3-5-16(12)20-18/h2-10,20-21H,1H3. The molecule has 3 nitrogen and oxygen atoms in total. The summed E-state index contributed by atoms with van der Waals surface area (Å²) in [5, 5.41) is 4.96. The third-order valence-corrected chi connectivity index (χ3v) is 4.43. The molecule has 3 aromatic carbocycles. The van der Waals surface area contributed by atoms with Gasteiger partial charge in [0.1, 0.15) is 5.75 Å². The summed E-state index contributed by atoms with van der Waals surface area (Å²) in [6, 6.07) is 19.0. The van der Waals surface area contributed by atoms with Gasteiger partial charge in [-0.15, -0.1) is 0 Å². The summed E-state index contributed by atoms with van der Waals surface area (Å²) in [5.74, 6) is 0.870. The highest BCUT2D eigenvalue weighted by molar-refractivity contribution is 6.17. The van der Waals surface area contributed by atoms with Gasteiger partial charge in [-0.1, -0.05) is 18.2 Å². The van der Waals surface area contributed by atoms with Crippen molar-refractivity contribution in [2.75, 3.05) is 7.11 Å². The number of nitrogens with one attached hydrogen (secondary N) is 2. The van der Waals surface area contributed by atoms with Gasteiger partial charge in [-0.05, 0) is 30.3 Å². The second-order valence-electron chi connectivity index (χ2n) is 5.65. The van der Waals surface area contributed by atoms with Crippen molar-refractivity contribution in [2.24, 2.45) is 0 Å². The van der Waals surface area contributed by atoms with E-state index in [0.717, 1.165) is 16.8 Å². The van der Waals surface area contributed by atoms with Crippen LogP contribution in [0.3, 0.4) is 0 Å². The third kappa shape index (κ3) is 1.45. The number of methoxy groups -OCH3 is 1. The number of aromatic nitrogens is 2. The van der Waals surface area contributed by atoms with Crippen LogP contribution in [0.4, 0.5) is 0 Å². The number of hydrogen-bond acceptors (Lipinski definition) is 1. The summed E-state index contributed by atoms with van der Waals surface area (Å²) in [5.41, 5.74) is 4.60. The molecule has 5 aromatic rings. The van der Waals surface area contributed by atoms with Gasteiger partial charge in [-0.2, -0.15) is 0 Å². The Hall–Kier alpha value is -2.94. The van der Waals surface area contributed by atoms with Crippen molar-refractivity contribution >= 4 is 43.6 Å². The second-order valence-corrected chi connectivity index (χ2v) is 5.65. The summed E-state index contributed by atoms with van der Waals surface area (Å²) < 4.78 is 5.31. The van der Waals surface area contributed by atoms with E-state index in [4.69, 9.17) is 4.74 Å². The van der Waals surface area contributed by atoms with Crippen LogP contribution in [0.2, 0.25) is 0 Å². The molecular formula is C19H14N2O. The van der Waals surface area contributed by atoms with Gasteiger partial charge in [0.05, 0.1) is 12.6 Å². The quantitative estimate of drug-likeness (QED) is 0.449. The monoisotopic (exact) mass is 286 g/mol. The smallest absolute Gasteiger partial charge is 0.120 e. The predicted octanol–water partition coefficient (Wildman–Crippen LogP) is 4.96. The molecule has 0 unspecified atom stereocenters. The lowest BCUT2D eigenvalue weighted by Gasteiger charge is -1.98.